The third-order valence-electron chi connectivity index (χ3n) is 8.52. The standard InChI is InChI=1S/C19H31BrO/c1-18-9-4-3-5-12(18)6-7-13-14(18)8-10-19(2)15(13)11-16(20)17(19)21/h12-17,21H,3-11H2,1-2H3/t12-,13-,14+,15+,16?,17?,18+,19+/m1/s1. The molecule has 1 N–H and O–H groups in total. The first kappa shape index (κ1) is 15.0. The average Bonchev–Trinajstić information content (AvgIpc) is 2.70. The summed E-state index contributed by atoms with van der Waals surface area (Å²) in [6.07, 6.45) is 12.5. The quantitative estimate of drug-likeness (QED) is 0.596. The van der Waals surface area contributed by atoms with E-state index in [4.69, 9.17) is 0 Å². The number of rotatable bonds is 0. The number of hydrogen-bond acceptors (Lipinski definition) is 1. The van der Waals surface area contributed by atoms with Crippen LogP contribution >= 0.6 is 15.9 Å². The van der Waals surface area contributed by atoms with E-state index in [0.29, 0.717) is 10.2 Å². The maximum Gasteiger partial charge on any atom is 0.0721 e. The van der Waals surface area contributed by atoms with Crippen LogP contribution in [0.3, 0.4) is 0 Å². The fourth-order valence-electron chi connectivity index (χ4n) is 7.24. The first-order valence-corrected chi connectivity index (χ1v) is 10.2. The van der Waals surface area contributed by atoms with Crippen molar-refractivity contribution in [2.45, 2.75) is 82.6 Å². The molecule has 0 amide bonds. The fourth-order valence-corrected chi connectivity index (χ4v) is 8.25. The van der Waals surface area contributed by atoms with E-state index in [9.17, 15) is 5.11 Å². The van der Waals surface area contributed by atoms with Gasteiger partial charge in [-0.2, -0.15) is 0 Å². The van der Waals surface area contributed by atoms with Crippen molar-refractivity contribution in [1.29, 1.82) is 0 Å². The van der Waals surface area contributed by atoms with Crippen LogP contribution < -0.4 is 0 Å². The highest BCUT2D eigenvalue weighted by molar-refractivity contribution is 9.09. The Morgan fingerprint density at radius 1 is 0.905 bits per heavy atom. The lowest BCUT2D eigenvalue weighted by molar-refractivity contribution is -0.120. The van der Waals surface area contributed by atoms with Crippen molar-refractivity contribution in [3.63, 3.8) is 0 Å². The lowest BCUT2D eigenvalue weighted by Gasteiger charge is -2.60. The van der Waals surface area contributed by atoms with Crippen LogP contribution in [0.25, 0.3) is 0 Å². The Morgan fingerprint density at radius 2 is 1.71 bits per heavy atom. The van der Waals surface area contributed by atoms with Gasteiger partial charge in [0, 0.05) is 4.83 Å². The summed E-state index contributed by atoms with van der Waals surface area (Å²) in [5, 5.41) is 10.7. The smallest absolute Gasteiger partial charge is 0.0721 e. The molecule has 4 saturated carbocycles. The van der Waals surface area contributed by atoms with Crippen LogP contribution in [-0.4, -0.2) is 16.0 Å². The Kier molecular flexibility index (Phi) is 3.55. The minimum atomic E-state index is -0.125. The minimum absolute atomic E-state index is 0.125. The molecule has 21 heavy (non-hydrogen) atoms. The van der Waals surface area contributed by atoms with Gasteiger partial charge in [-0.3, -0.25) is 0 Å². The molecule has 0 saturated heterocycles. The summed E-state index contributed by atoms with van der Waals surface area (Å²) in [6.45, 7) is 5.02. The molecule has 120 valence electrons. The first-order valence-electron chi connectivity index (χ1n) is 9.29. The molecule has 4 rings (SSSR count). The minimum Gasteiger partial charge on any atom is -0.391 e. The van der Waals surface area contributed by atoms with Crippen molar-refractivity contribution < 1.29 is 5.11 Å². The number of aliphatic hydroxyl groups is 1. The normalized spacial score (nSPS) is 60.0. The van der Waals surface area contributed by atoms with Crippen molar-refractivity contribution >= 4 is 15.9 Å². The zero-order chi connectivity index (χ0) is 14.8. The summed E-state index contributed by atoms with van der Waals surface area (Å²) in [4.78, 5) is 0.336. The van der Waals surface area contributed by atoms with Crippen LogP contribution in [0.4, 0.5) is 0 Å². The zero-order valence-electron chi connectivity index (χ0n) is 13.7. The lowest BCUT2D eigenvalue weighted by Crippen LogP contribution is -2.53. The predicted octanol–water partition coefficient (Wildman–Crippen LogP) is 5.15. The molecule has 0 aromatic carbocycles. The Morgan fingerprint density at radius 3 is 2.52 bits per heavy atom. The zero-order valence-corrected chi connectivity index (χ0v) is 15.2. The summed E-state index contributed by atoms with van der Waals surface area (Å²) in [5.74, 6) is 3.60. The maximum absolute atomic E-state index is 10.7. The van der Waals surface area contributed by atoms with Gasteiger partial charge in [-0.25, -0.2) is 0 Å². The van der Waals surface area contributed by atoms with Crippen molar-refractivity contribution in [2.24, 2.45) is 34.5 Å². The number of halogens is 1. The molecule has 4 aliphatic rings. The third kappa shape index (κ3) is 1.97. The second-order valence-electron chi connectivity index (χ2n) is 9.14. The molecule has 8 atom stereocenters. The number of hydrogen-bond donors (Lipinski definition) is 1. The van der Waals surface area contributed by atoms with Crippen LogP contribution in [-0.2, 0) is 0 Å². The van der Waals surface area contributed by atoms with Crippen LogP contribution in [0, 0.1) is 34.5 Å². The summed E-state index contributed by atoms with van der Waals surface area (Å²) in [7, 11) is 0. The molecular weight excluding hydrogens is 324 g/mol. The monoisotopic (exact) mass is 354 g/mol. The van der Waals surface area contributed by atoms with E-state index in [0.717, 1.165) is 23.7 Å². The average molecular weight is 355 g/mol. The largest absolute Gasteiger partial charge is 0.391 e. The van der Waals surface area contributed by atoms with Crippen molar-refractivity contribution in [3.05, 3.63) is 0 Å². The van der Waals surface area contributed by atoms with Gasteiger partial charge in [-0.1, -0.05) is 42.6 Å². The second kappa shape index (κ2) is 4.97. The number of alkyl halides is 1. The highest BCUT2D eigenvalue weighted by Crippen LogP contribution is 2.66. The van der Waals surface area contributed by atoms with E-state index < -0.39 is 0 Å². The molecular formula is C19H31BrO. The second-order valence-corrected chi connectivity index (χ2v) is 10.3. The third-order valence-corrected chi connectivity index (χ3v) is 9.39. The fraction of sp³-hybridized carbons (Fsp3) is 1.00. The molecule has 0 radical (unpaired) electrons. The van der Waals surface area contributed by atoms with Gasteiger partial charge in [0.15, 0.2) is 0 Å². The molecule has 2 unspecified atom stereocenters. The van der Waals surface area contributed by atoms with Crippen LogP contribution in [0.5, 0.6) is 0 Å². The van der Waals surface area contributed by atoms with Crippen LogP contribution in [0.1, 0.15) is 71.6 Å². The van der Waals surface area contributed by atoms with Gasteiger partial charge in [-0.05, 0) is 79.4 Å². The molecule has 1 nitrogen and oxygen atoms in total. The highest BCUT2D eigenvalue weighted by Gasteiger charge is 2.61. The molecule has 4 aliphatic carbocycles. The summed E-state index contributed by atoms with van der Waals surface area (Å²) >= 11 is 3.78. The predicted molar refractivity (Wildman–Crippen MR) is 90.4 cm³/mol. The molecule has 0 bridgehead atoms. The SMILES string of the molecule is C[C@]12CCCC[C@@H]1CC[C@@H]1[C@@H]2CC[C@]2(C)C(O)C(Br)C[C@@H]12. The summed E-state index contributed by atoms with van der Waals surface area (Å²) in [6, 6.07) is 0. The Balaban J connectivity index is 1.65. The molecule has 0 aliphatic heterocycles. The van der Waals surface area contributed by atoms with Gasteiger partial charge in [0.2, 0.25) is 0 Å². The van der Waals surface area contributed by atoms with E-state index in [1.165, 1.54) is 57.8 Å². The summed E-state index contributed by atoms with van der Waals surface area (Å²) in [5.41, 5.74) is 0.811. The van der Waals surface area contributed by atoms with Crippen molar-refractivity contribution in [2.75, 3.05) is 0 Å². The molecule has 0 aromatic rings. The maximum atomic E-state index is 10.7. The van der Waals surface area contributed by atoms with Gasteiger partial charge in [-0.15, -0.1) is 0 Å². The molecule has 0 spiro atoms. The van der Waals surface area contributed by atoms with Gasteiger partial charge in [0.05, 0.1) is 6.10 Å². The number of fused-ring (bicyclic) bond motifs is 5. The molecule has 0 aromatic heterocycles. The number of aliphatic hydroxyl groups excluding tert-OH is 1. The van der Waals surface area contributed by atoms with Gasteiger partial charge in [0.25, 0.3) is 0 Å². The Bertz CT molecular complexity index is 424. The van der Waals surface area contributed by atoms with Gasteiger partial charge >= 0.3 is 0 Å². The summed E-state index contributed by atoms with van der Waals surface area (Å²) < 4.78 is 0. The molecule has 4 fully saturated rings. The van der Waals surface area contributed by atoms with Crippen LogP contribution in [0.2, 0.25) is 0 Å². The van der Waals surface area contributed by atoms with Gasteiger partial charge < -0.3 is 5.11 Å². The van der Waals surface area contributed by atoms with E-state index >= 15 is 0 Å². The molecule has 0 heterocycles. The van der Waals surface area contributed by atoms with E-state index in [1.54, 1.807) is 0 Å². The van der Waals surface area contributed by atoms with E-state index in [-0.39, 0.29) is 11.5 Å². The highest BCUT2D eigenvalue weighted by atomic mass is 79.9. The van der Waals surface area contributed by atoms with Crippen LogP contribution in [0.15, 0.2) is 0 Å². The van der Waals surface area contributed by atoms with E-state index in [1.807, 2.05) is 0 Å². The van der Waals surface area contributed by atoms with Crippen molar-refractivity contribution in [3.8, 4) is 0 Å². The molecule has 2 heteroatoms. The van der Waals surface area contributed by atoms with Crippen molar-refractivity contribution in [1.82, 2.24) is 0 Å². The Labute approximate surface area is 138 Å². The first-order chi connectivity index (χ1) is 9.97. The Hall–Kier alpha value is 0.440. The lowest BCUT2D eigenvalue weighted by atomic mass is 9.45. The van der Waals surface area contributed by atoms with E-state index in [2.05, 4.69) is 29.8 Å². The van der Waals surface area contributed by atoms with Gasteiger partial charge in [0.1, 0.15) is 0 Å². The topological polar surface area (TPSA) is 20.2 Å².